The first-order chi connectivity index (χ1) is 6.11. The Morgan fingerprint density at radius 2 is 2.15 bits per heavy atom. The molecule has 0 fully saturated rings. The largest absolute Gasteiger partial charge is 0.458 e. The van der Waals surface area contributed by atoms with Gasteiger partial charge in [0.15, 0.2) is 0 Å². The van der Waals surface area contributed by atoms with Crippen molar-refractivity contribution in [1.82, 2.24) is 5.32 Å². The van der Waals surface area contributed by atoms with Gasteiger partial charge in [-0.25, -0.2) is 4.79 Å². The molecule has 0 aliphatic heterocycles. The molecular weight excluding hydrogens is 174 g/mol. The van der Waals surface area contributed by atoms with E-state index in [2.05, 4.69) is 17.9 Å². The Labute approximate surface area is 75.7 Å². The molecule has 0 aliphatic rings. The van der Waals surface area contributed by atoms with E-state index in [9.17, 15) is 9.59 Å². The average Bonchev–Trinajstić information content (AvgIpc) is 2.13. The fourth-order valence-electron chi connectivity index (χ4n) is 0.473. The molecule has 0 radical (unpaired) electrons. The van der Waals surface area contributed by atoms with Crippen molar-refractivity contribution in [2.24, 2.45) is 0 Å². The van der Waals surface area contributed by atoms with Crippen molar-refractivity contribution in [3.05, 3.63) is 25.3 Å². The van der Waals surface area contributed by atoms with Gasteiger partial charge in [0.25, 0.3) is 0 Å². The highest BCUT2D eigenvalue weighted by Gasteiger charge is 2.16. The Kier molecular flexibility index (Phi) is 5.22. The second-order valence-corrected chi connectivity index (χ2v) is 2.03. The van der Waals surface area contributed by atoms with Crippen molar-refractivity contribution >= 4 is 11.9 Å². The molecule has 0 aromatic rings. The lowest BCUT2D eigenvalue weighted by atomic mass is 10.5. The van der Waals surface area contributed by atoms with E-state index in [1.54, 1.807) is 0 Å². The van der Waals surface area contributed by atoms with Gasteiger partial charge in [-0.15, -0.1) is 0 Å². The molecule has 0 spiro atoms. The highest BCUT2D eigenvalue weighted by Crippen LogP contribution is 1.85. The second kappa shape index (κ2) is 5.96. The van der Waals surface area contributed by atoms with E-state index in [1.165, 1.54) is 6.08 Å². The molecule has 13 heavy (non-hydrogen) atoms. The summed E-state index contributed by atoms with van der Waals surface area (Å²) < 4.78 is 4.44. The summed E-state index contributed by atoms with van der Waals surface area (Å²) in [5.41, 5.74) is 0. The number of carbonyl (C=O) groups excluding carboxylic acids is 2. The van der Waals surface area contributed by atoms with E-state index in [0.717, 1.165) is 6.08 Å². The number of aliphatic hydroxyl groups is 1. The topological polar surface area (TPSA) is 75.6 Å². The SMILES string of the molecule is C=CCOC(=O)C(O)NC(=O)C=C. The molecule has 0 aliphatic carbocycles. The van der Waals surface area contributed by atoms with Crippen LogP contribution < -0.4 is 5.32 Å². The lowest BCUT2D eigenvalue weighted by Gasteiger charge is -2.09. The fourth-order valence-corrected chi connectivity index (χ4v) is 0.473. The molecule has 0 bridgehead atoms. The van der Waals surface area contributed by atoms with Gasteiger partial charge in [0, 0.05) is 0 Å². The Hall–Kier alpha value is -1.62. The van der Waals surface area contributed by atoms with E-state index >= 15 is 0 Å². The second-order valence-electron chi connectivity index (χ2n) is 2.03. The maximum atomic E-state index is 10.8. The third-order valence-corrected chi connectivity index (χ3v) is 1.03. The van der Waals surface area contributed by atoms with Gasteiger partial charge in [0.05, 0.1) is 0 Å². The summed E-state index contributed by atoms with van der Waals surface area (Å²) in [5.74, 6) is -1.59. The standard InChI is InChI=1S/C8H11NO4/c1-3-5-13-8(12)7(11)9-6(10)4-2/h3-4,7,11H,1-2,5H2,(H,9,10). The zero-order valence-electron chi connectivity index (χ0n) is 7.03. The van der Waals surface area contributed by atoms with Crippen molar-refractivity contribution in [2.75, 3.05) is 6.61 Å². The fraction of sp³-hybridized carbons (Fsp3) is 0.250. The van der Waals surface area contributed by atoms with Gasteiger partial charge >= 0.3 is 5.97 Å². The van der Waals surface area contributed by atoms with Crippen LogP contribution in [0.5, 0.6) is 0 Å². The van der Waals surface area contributed by atoms with Gasteiger partial charge in [-0.3, -0.25) is 4.79 Å². The zero-order valence-corrected chi connectivity index (χ0v) is 7.03. The van der Waals surface area contributed by atoms with Crippen LogP contribution in [-0.2, 0) is 14.3 Å². The van der Waals surface area contributed by atoms with Crippen molar-refractivity contribution in [3.63, 3.8) is 0 Å². The van der Waals surface area contributed by atoms with Crippen molar-refractivity contribution in [2.45, 2.75) is 6.23 Å². The number of amides is 1. The minimum atomic E-state index is -1.66. The van der Waals surface area contributed by atoms with Gasteiger partial charge in [-0.05, 0) is 6.08 Å². The van der Waals surface area contributed by atoms with Crippen LogP contribution in [-0.4, -0.2) is 29.8 Å². The van der Waals surface area contributed by atoms with Gasteiger partial charge in [0.2, 0.25) is 12.1 Å². The summed E-state index contributed by atoms with van der Waals surface area (Å²) in [5, 5.41) is 10.9. The monoisotopic (exact) mass is 185 g/mol. The van der Waals surface area contributed by atoms with Crippen LogP contribution in [0, 0.1) is 0 Å². The summed E-state index contributed by atoms with van der Waals surface area (Å²) in [6, 6.07) is 0. The normalized spacial score (nSPS) is 11.2. The molecule has 1 unspecified atom stereocenters. The Balaban J connectivity index is 3.88. The van der Waals surface area contributed by atoms with Crippen LogP contribution in [0.1, 0.15) is 0 Å². The van der Waals surface area contributed by atoms with Gasteiger partial charge < -0.3 is 15.2 Å². The molecule has 0 saturated heterocycles. The first kappa shape index (κ1) is 11.4. The van der Waals surface area contributed by atoms with Crippen molar-refractivity contribution < 1.29 is 19.4 Å². The number of hydrogen-bond donors (Lipinski definition) is 2. The molecule has 0 aromatic heterocycles. The van der Waals surface area contributed by atoms with Crippen LogP contribution in [0.25, 0.3) is 0 Å². The summed E-state index contributed by atoms with van der Waals surface area (Å²) in [6.07, 6.45) is 0.620. The number of esters is 1. The summed E-state index contributed by atoms with van der Waals surface area (Å²) in [7, 11) is 0. The lowest BCUT2D eigenvalue weighted by Crippen LogP contribution is -2.40. The Bertz CT molecular complexity index is 224. The maximum Gasteiger partial charge on any atom is 0.356 e. The van der Waals surface area contributed by atoms with Crippen LogP contribution >= 0.6 is 0 Å². The maximum absolute atomic E-state index is 10.8. The van der Waals surface area contributed by atoms with E-state index in [4.69, 9.17) is 5.11 Å². The Morgan fingerprint density at radius 3 is 2.62 bits per heavy atom. The molecule has 2 N–H and O–H groups in total. The molecule has 1 amide bonds. The highest BCUT2D eigenvalue weighted by molar-refractivity contribution is 5.90. The number of hydrogen-bond acceptors (Lipinski definition) is 4. The van der Waals surface area contributed by atoms with Crippen LogP contribution in [0.2, 0.25) is 0 Å². The third-order valence-electron chi connectivity index (χ3n) is 1.03. The van der Waals surface area contributed by atoms with Crippen LogP contribution in [0.15, 0.2) is 25.3 Å². The first-order valence-electron chi connectivity index (χ1n) is 3.50. The number of carbonyl (C=O) groups is 2. The van der Waals surface area contributed by atoms with E-state index < -0.39 is 18.1 Å². The molecule has 5 nitrogen and oxygen atoms in total. The van der Waals surface area contributed by atoms with Crippen molar-refractivity contribution in [3.8, 4) is 0 Å². The predicted octanol–water partition coefficient (Wildman–Crippen LogP) is -0.664. The summed E-state index contributed by atoms with van der Waals surface area (Å²) in [4.78, 5) is 21.4. The molecule has 0 rings (SSSR count). The number of aliphatic hydroxyl groups excluding tert-OH is 1. The zero-order chi connectivity index (χ0) is 10.3. The third kappa shape index (κ3) is 4.76. The average molecular weight is 185 g/mol. The number of nitrogens with one attached hydrogen (secondary N) is 1. The summed E-state index contributed by atoms with van der Waals surface area (Å²) >= 11 is 0. The van der Waals surface area contributed by atoms with E-state index in [1.807, 2.05) is 5.32 Å². The quantitative estimate of drug-likeness (QED) is 0.258. The van der Waals surface area contributed by atoms with Crippen LogP contribution in [0.3, 0.4) is 0 Å². The van der Waals surface area contributed by atoms with E-state index in [-0.39, 0.29) is 6.61 Å². The minimum Gasteiger partial charge on any atom is -0.458 e. The number of rotatable bonds is 5. The summed E-state index contributed by atoms with van der Waals surface area (Å²) in [6.45, 7) is 6.44. The first-order valence-corrected chi connectivity index (χ1v) is 3.50. The minimum absolute atomic E-state index is 0.0140. The lowest BCUT2D eigenvalue weighted by molar-refractivity contribution is -0.155. The van der Waals surface area contributed by atoms with E-state index in [0.29, 0.717) is 0 Å². The molecule has 1 atom stereocenters. The van der Waals surface area contributed by atoms with Crippen molar-refractivity contribution in [1.29, 1.82) is 0 Å². The molecule has 0 heterocycles. The number of ether oxygens (including phenoxy) is 1. The molecule has 5 heteroatoms. The van der Waals surface area contributed by atoms with Crippen LogP contribution in [0.4, 0.5) is 0 Å². The molecule has 0 aromatic carbocycles. The molecule has 72 valence electrons. The molecule has 0 saturated carbocycles. The predicted molar refractivity (Wildman–Crippen MR) is 45.5 cm³/mol. The van der Waals surface area contributed by atoms with Gasteiger partial charge in [-0.2, -0.15) is 0 Å². The highest BCUT2D eigenvalue weighted by atomic mass is 16.5. The molecular formula is C8H11NO4. The Morgan fingerprint density at radius 1 is 1.54 bits per heavy atom. The van der Waals surface area contributed by atoms with Gasteiger partial charge in [-0.1, -0.05) is 19.2 Å². The van der Waals surface area contributed by atoms with Gasteiger partial charge in [0.1, 0.15) is 6.61 Å². The smallest absolute Gasteiger partial charge is 0.356 e.